The molecule has 6 heteroatoms. The van der Waals surface area contributed by atoms with E-state index in [1.54, 1.807) is 6.07 Å². The Balaban J connectivity index is 2.26. The average molecular weight is 291 g/mol. The zero-order valence-corrected chi connectivity index (χ0v) is 12.7. The highest BCUT2D eigenvalue weighted by Crippen LogP contribution is 2.31. The molecule has 6 nitrogen and oxygen atoms in total. The molecule has 0 saturated carbocycles. The highest BCUT2D eigenvalue weighted by atomic mass is 16.6. The van der Waals surface area contributed by atoms with Crippen molar-refractivity contribution in [3.8, 4) is 0 Å². The molecule has 21 heavy (non-hydrogen) atoms. The van der Waals surface area contributed by atoms with E-state index in [1.807, 2.05) is 11.8 Å². The quantitative estimate of drug-likeness (QED) is 0.683. The average Bonchev–Trinajstić information content (AvgIpc) is 2.78. The Labute approximate surface area is 124 Å². The number of carbonyl (C=O) groups is 1. The summed E-state index contributed by atoms with van der Waals surface area (Å²) in [6.45, 7) is 8.16. The van der Waals surface area contributed by atoms with Crippen molar-refractivity contribution in [3.63, 3.8) is 0 Å². The van der Waals surface area contributed by atoms with Crippen molar-refractivity contribution in [2.24, 2.45) is 5.41 Å². The van der Waals surface area contributed by atoms with Crippen molar-refractivity contribution in [1.82, 2.24) is 4.90 Å². The Morgan fingerprint density at radius 1 is 1.48 bits per heavy atom. The van der Waals surface area contributed by atoms with Crippen LogP contribution in [0.3, 0.4) is 0 Å². The summed E-state index contributed by atoms with van der Waals surface area (Å²) in [5.41, 5.74) is 1.03. The van der Waals surface area contributed by atoms with E-state index in [4.69, 9.17) is 0 Å². The maximum absolute atomic E-state index is 12.5. The van der Waals surface area contributed by atoms with Crippen molar-refractivity contribution in [1.29, 1.82) is 0 Å². The van der Waals surface area contributed by atoms with Crippen LogP contribution in [0.15, 0.2) is 18.2 Å². The second-order valence-electron chi connectivity index (χ2n) is 6.16. The van der Waals surface area contributed by atoms with Gasteiger partial charge in [-0.05, 0) is 30.9 Å². The van der Waals surface area contributed by atoms with Crippen LogP contribution in [0.1, 0.15) is 37.6 Å². The fourth-order valence-corrected chi connectivity index (χ4v) is 2.63. The molecule has 1 amide bonds. The lowest BCUT2D eigenvalue weighted by atomic mass is 9.93. The van der Waals surface area contributed by atoms with Gasteiger partial charge in [0, 0.05) is 31.3 Å². The summed E-state index contributed by atoms with van der Waals surface area (Å²) in [7, 11) is 0. The van der Waals surface area contributed by atoms with Crippen molar-refractivity contribution >= 4 is 17.3 Å². The summed E-state index contributed by atoms with van der Waals surface area (Å²) in [5.74, 6) is -0.0605. The molecule has 0 unspecified atom stereocenters. The normalized spacial score (nSPS) is 16.8. The number of carbonyl (C=O) groups excluding carboxylic acids is 1. The number of rotatable bonds is 4. The smallest absolute Gasteiger partial charge is 0.292 e. The highest BCUT2D eigenvalue weighted by Gasteiger charge is 2.32. The maximum atomic E-state index is 12.5. The van der Waals surface area contributed by atoms with Crippen molar-refractivity contribution < 1.29 is 9.72 Å². The van der Waals surface area contributed by atoms with Gasteiger partial charge in [-0.1, -0.05) is 13.8 Å². The highest BCUT2D eigenvalue weighted by molar-refractivity contribution is 5.96. The molecule has 114 valence electrons. The Kier molecular flexibility index (Phi) is 4.16. The second-order valence-corrected chi connectivity index (χ2v) is 6.16. The van der Waals surface area contributed by atoms with E-state index >= 15 is 0 Å². The standard InChI is InChI=1S/C15H21N3O3/c1-4-16-12-9-11(5-6-13(12)18(20)21)14(19)17-8-7-15(2,3)10-17/h5-6,9,16H,4,7-8,10H2,1-3H3. The van der Waals surface area contributed by atoms with Gasteiger partial charge in [-0.15, -0.1) is 0 Å². The van der Waals surface area contributed by atoms with Gasteiger partial charge >= 0.3 is 0 Å². The number of nitrogens with zero attached hydrogens (tertiary/aromatic N) is 2. The van der Waals surface area contributed by atoms with Crippen LogP contribution in [-0.4, -0.2) is 35.4 Å². The van der Waals surface area contributed by atoms with E-state index in [0.29, 0.717) is 17.8 Å². The van der Waals surface area contributed by atoms with Crippen LogP contribution in [0, 0.1) is 15.5 Å². The molecule has 1 aliphatic heterocycles. The van der Waals surface area contributed by atoms with Gasteiger partial charge in [-0.25, -0.2) is 0 Å². The number of nitro groups is 1. The molecule has 0 spiro atoms. The number of nitro benzene ring substituents is 1. The lowest BCUT2D eigenvalue weighted by Gasteiger charge is -2.20. The molecule has 1 aromatic rings. The molecule has 1 saturated heterocycles. The van der Waals surface area contributed by atoms with E-state index in [-0.39, 0.29) is 17.0 Å². The molecule has 0 radical (unpaired) electrons. The maximum Gasteiger partial charge on any atom is 0.292 e. The minimum atomic E-state index is -0.439. The first-order valence-corrected chi connectivity index (χ1v) is 7.15. The third-order valence-electron chi connectivity index (χ3n) is 3.77. The summed E-state index contributed by atoms with van der Waals surface area (Å²) >= 11 is 0. The van der Waals surface area contributed by atoms with Gasteiger partial charge < -0.3 is 10.2 Å². The van der Waals surface area contributed by atoms with Crippen LogP contribution in [0.5, 0.6) is 0 Å². The first-order valence-electron chi connectivity index (χ1n) is 7.15. The van der Waals surface area contributed by atoms with Crippen LogP contribution in [0.2, 0.25) is 0 Å². The van der Waals surface area contributed by atoms with Gasteiger partial charge in [0.05, 0.1) is 4.92 Å². The predicted octanol–water partition coefficient (Wildman–Crippen LogP) is 2.90. The largest absolute Gasteiger partial charge is 0.380 e. The van der Waals surface area contributed by atoms with Crippen molar-refractivity contribution in [2.45, 2.75) is 27.2 Å². The number of anilines is 1. The third kappa shape index (κ3) is 3.32. The molecule has 1 fully saturated rings. The molecular formula is C15H21N3O3. The second kappa shape index (κ2) is 5.71. The van der Waals surface area contributed by atoms with Gasteiger partial charge in [0.15, 0.2) is 0 Å². The molecule has 0 aromatic heterocycles. The molecule has 0 bridgehead atoms. The zero-order chi connectivity index (χ0) is 15.6. The summed E-state index contributed by atoms with van der Waals surface area (Å²) < 4.78 is 0. The van der Waals surface area contributed by atoms with E-state index in [9.17, 15) is 14.9 Å². The van der Waals surface area contributed by atoms with Crippen LogP contribution in [0.25, 0.3) is 0 Å². The minimum Gasteiger partial charge on any atom is -0.380 e. The molecule has 1 aliphatic rings. The van der Waals surface area contributed by atoms with E-state index in [1.165, 1.54) is 12.1 Å². The van der Waals surface area contributed by atoms with Gasteiger partial charge in [0.2, 0.25) is 0 Å². The molecule has 0 aliphatic carbocycles. The van der Waals surface area contributed by atoms with E-state index in [0.717, 1.165) is 19.5 Å². The van der Waals surface area contributed by atoms with Gasteiger partial charge in [0.1, 0.15) is 5.69 Å². The van der Waals surface area contributed by atoms with Gasteiger partial charge in [-0.2, -0.15) is 0 Å². The number of benzene rings is 1. The monoisotopic (exact) mass is 291 g/mol. The molecule has 1 aromatic carbocycles. The molecule has 2 rings (SSSR count). The lowest BCUT2D eigenvalue weighted by Crippen LogP contribution is -2.30. The molecule has 1 N–H and O–H groups in total. The topological polar surface area (TPSA) is 75.5 Å². The first-order chi connectivity index (χ1) is 9.84. The van der Waals surface area contributed by atoms with E-state index < -0.39 is 4.92 Å². The fraction of sp³-hybridized carbons (Fsp3) is 0.533. The summed E-state index contributed by atoms with van der Waals surface area (Å²) in [5, 5.41) is 13.9. The zero-order valence-electron chi connectivity index (χ0n) is 12.7. The van der Waals surface area contributed by atoms with E-state index in [2.05, 4.69) is 19.2 Å². The minimum absolute atomic E-state index is 0.00449. The number of amides is 1. The summed E-state index contributed by atoms with van der Waals surface area (Å²) in [6.07, 6.45) is 0.978. The predicted molar refractivity (Wildman–Crippen MR) is 81.6 cm³/mol. The lowest BCUT2D eigenvalue weighted by molar-refractivity contribution is -0.384. The van der Waals surface area contributed by atoms with Crippen molar-refractivity contribution in [2.75, 3.05) is 25.0 Å². The number of hydrogen-bond acceptors (Lipinski definition) is 4. The van der Waals surface area contributed by atoms with Gasteiger partial charge in [-0.3, -0.25) is 14.9 Å². The Morgan fingerprint density at radius 2 is 2.19 bits per heavy atom. The van der Waals surface area contributed by atoms with Crippen LogP contribution in [0.4, 0.5) is 11.4 Å². The Bertz CT molecular complexity index is 569. The van der Waals surface area contributed by atoms with Crippen molar-refractivity contribution in [3.05, 3.63) is 33.9 Å². The third-order valence-corrected chi connectivity index (χ3v) is 3.77. The van der Waals surface area contributed by atoms with Crippen LogP contribution >= 0.6 is 0 Å². The molecule has 0 atom stereocenters. The van der Waals surface area contributed by atoms with Crippen LogP contribution < -0.4 is 5.32 Å². The molecular weight excluding hydrogens is 270 g/mol. The Hall–Kier alpha value is -2.11. The first kappa shape index (κ1) is 15.3. The SMILES string of the molecule is CCNc1cc(C(=O)N2CCC(C)(C)C2)ccc1[N+](=O)[O-]. The fourth-order valence-electron chi connectivity index (χ4n) is 2.63. The van der Waals surface area contributed by atoms with Gasteiger partial charge in [0.25, 0.3) is 11.6 Å². The van der Waals surface area contributed by atoms with Crippen LogP contribution in [-0.2, 0) is 0 Å². The summed E-state index contributed by atoms with van der Waals surface area (Å²) in [6, 6.07) is 4.51. The molecule has 1 heterocycles. The number of hydrogen-bond donors (Lipinski definition) is 1. The Morgan fingerprint density at radius 3 is 2.71 bits per heavy atom. The number of likely N-dealkylation sites (tertiary alicyclic amines) is 1. The number of nitrogens with one attached hydrogen (secondary N) is 1. The summed E-state index contributed by atoms with van der Waals surface area (Å²) in [4.78, 5) is 24.9.